The average molecular weight is 518 g/mol. The maximum atomic E-state index is 13.8. The number of ether oxygens (including phenoxy) is 2. The monoisotopic (exact) mass is 517 g/mol. The second kappa shape index (κ2) is 12.1. The minimum Gasteiger partial charge on any atom is -0.497 e. The minimum atomic E-state index is -1.27. The van der Waals surface area contributed by atoms with Crippen LogP contribution in [0.25, 0.3) is 10.9 Å². The maximum absolute atomic E-state index is 13.8. The van der Waals surface area contributed by atoms with Crippen LogP contribution >= 0.6 is 0 Å². The van der Waals surface area contributed by atoms with E-state index in [1.807, 2.05) is 24.4 Å². The number of benzene rings is 2. The van der Waals surface area contributed by atoms with Crippen LogP contribution in [-0.2, 0) is 13.0 Å². The number of nitrogens with two attached hydrogens (primary N) is 1. The van der Waals surface area contributed by atoms with Gasteiger partial charge in [0.15, 0.2) is 11.6 Å². The van der Waals surface area contributed by atoms with Gasteiger partial charge in [-0.25, -0.2) is 8.78 Å². The summed E-state index contributed by atoms with van der Waals surface area (Å²) in [5.41, 5.74) is 8.94. The lowest BCUT2D eigenvalue weighted by Crippen LogP contribution is -2.43. The fourth-order valence-corrected chi connectivity index (χ4v) is 5.17. The van der Waals surface area contributed by atoms with Crippen LogP contribution in [0.2, 0.25) is 0 Å². The summed E-state index contributed by atoms with van der Waals surface area (Å²) in [7, 11) is 1.64. The van der Waals surface area contributed by atoms with Gasteiger partial charge in [-0.05, 0) is 79.9 Å². The minimum absolute atomic E-state index is 0.111. The summed E-state index contributed by atoms with van der Waals surface area (Å²) in [6.45, 7) is 2.65. The Balaban J connectivity index is 1.31. The summed E-state index contributed by atoms with van der Waals surface area (Å²) in [6, 6.07) is 7.19. The van der Waals surface area contributed by atoms with Crippen molar-refractivity contribution < 1.29 is 27.8 Å². The van der Waals surface area contributed by atoms with Crippen molar-refractivity contribution in [3.05, 3.63) is 65.1 Å². The number of aliphatic hydroxyl groups excluding tert-OH is 1. The molecule has 0 amide bonds. The number of hydrogen-bond donors (Lipinski definition) is 2. The molecule has 1 saturated heterocycles. The molecule has 6 nitrogen and oxygen atoms in total. The normalized spacial score (nSPS) is 15.7. The first-order chi connectivity index (χ1) is 17.9. The standard InChI is InChI=1S/C28H34F3N3O3/c1-36-21-4-5-25-23(15-21)22(19(16-32)17-33-25)3-2-6-28(18-35)7-9-34(10-8-28)11-12-37-26-14-20(29)13-24(30)27(26)31/h4-5,13-15,17,35H,2-3,6-12,16,18,32H2,1H3. The lowest BCUT2D eigenvalue weighted by molar-refractivity contribution is 0.0314. The molecule has 4 rings (SSSR count). The van der Waals surface area contributed by atoms with Gasteiger partial charge < -0.3 is 20.3 Å². The summed E-state index contributed by atoms with van der Waals surface area (Å²) in [5.74, 6) is -2.97. The van der Waals surface area contributed by atoms with Crippen molar-refractivity contribution in [1.29, 1.82) is 0 Å². The number of aryl methyl sites for hydroxylation is 1. The quantitative estimate of drug-likeness (QED) is 0.362. The van der Waals surface area contributed by atoms with Crippen LogP contribution in [0.4, 0.5) is 13.2 Å². The van der Waals surface area contributed by atoms with E-state index in [4.69, 9.17) is 15.2 Å². The third-order valence-electron chi connectivity index (χ3n) is 7.51. The highest BCUT2D eigenvalue weighted by molar-refractivity contribution is 5.84. The fourth-order valence-electron chi connectivity index (χ4n) is 5.17. The molecule has 1 aliphatic rings. The lowest BCUT2D eigenvalue weighted by atomic mass is 9.75. The van der Waals surface area contributed by atoms with Crippen molar-refractivity contribution in [1.82, 2.24) is 9.88 Å². The average Bonchev–Trinajstić information content (AvgIpc) is 2.92. The molecule has 0 saturated carbocycles. The number of aliphatic hydroxyl groups is 1. The molecule has 1 aliphatic heterocycles. The summed E-state index contributed by atoms with van der Waals surface area (Å²) < 4.78 is 51.2. The zero-order valence-electron chi connectivity index (χ0n) is 21.1. The van der Waals surface area contributed by atoms with E-state index in [-0.39, 0.29) is 18.6 Å². The lowest BCUT2D eigenvalue weighted by Gasteiger charge is -2.41. The van der Waals surface area contributed by atoms with Crippen LogP contribution < -0.4 is 15.2 Å². The number of pyridine rings is 1. The zero-order chi connectivity index (χ0) is 26.4. The topological polar surface area (TPSA) is 80.8 Å². The number of nitrogens with zero attached hydrogens (tertiary/aromatic N) is 2. The van der Waals surface area contributed by atoms with E-state index in [0.717, 1.165) is 73.5 Å². The summed E-state index contributed by atoms with van der Waals surface area (Å²) in [4.78, 5) is 6.70. The highest BCUT2D eigenvalue weighted by atomic mass is 19.2. The third kappa shape index (κ3) is 6.34. The van der Waals surface area contributed by atoms with Gasteiger partial charge in [-0.2, -0.15) is 4.39 Å². The van der Waals surface area contributed by atoms with Gasteiger partial charge in [0.05, 0.1) is 12.6 Å². The molecule has 3 aromatic rings. The Labute approximate surface area is 215 Å². The Bertz CT molecular complexity index is 1210. The van der Waals surface area contributed by atoms with Gasteiger partial charge in [0.2, 0.25) is 5.82 Å². The van der Waals surface area contributed by atoms with Crippen LogP contribution in [0.15, 0.2) is 36.5 Å². The van der Waals surface area contributed by atoms with E-state index in [2.05, 4.69) is 9.88 Å². The molecule has 0 unspecified atom stereocenters. The molecule has 2 heterocycles. The van der Waals surface area contributed by atoms with Crippen LogP contribution in [0, 0.1) is 22.9 Å². The summed E-state index contributed by atoms with van der Waals surface area (Å²) >= 11 is 0. The van der Waals surface area contributed by atoms with Gasteiger partial charge in [-0.15, -0.1) is 0 Å². The number of fused-ring (bicyclic) bond motifs is 1. The Morgan fingerprint density at radius 2 is 1.92 bits per heavy atom. The molecule has 37 heavy (non-hydrogen) atoms. The highest BCUT2D eigenvalue weighted by Gasteiger charge is 2.33. The van der Waals surface area contributed by atoms with E-state index >= 15 is 0 Å². The molecule has 9 heteroatoms. The number of likely N-dealkylation sites (tertiary alicyclic amines) is 1. The van der Waals surface area contributed by atoms with Gasteiger partial charge in [-0.3, -0.25) is 9.88 Å². The number of methoxy groups -OCH3 is 1. The SMILES string of the molecule is COc1ccc2ncc(CN)c(CCCC3(CO)CCN(CCOc4cc(F)cc(F)c4F)CC3)c2c1. The molecule has 2 aromatic carbocycles. The molecular weight excluding hydrogens is 483 g/mol. The van der Waals surface area contributed by atoms with Crippen molar-refractivity contribution in [3.63, 3.8) is 0 Å². The number of rotatable bonds is 11. The van der Waals surface area contributed by atoms with Crippen molar-refractivity contribution in [2.75, 3.05) is 40.0 Å². The van der Waals surface area contributed by atoms with Gasteiger partial charge >= 0.3 is 0 Å². The maximum Gasteiger partial charge on any atom is 0.200 e. The van der Waals surface area contributed by atoms with Gasteiger partial charge in [0.25, 0.3) is 0 Å². The Kier molecular flexibility index (Phi) is 8.89. The first kappa shape index (κ1) is 27.2. The van der Waals surface area contributed by atoms with E-state index in [1.165, 1.54) is 5.56 Å². The molecule has 3 N–H and O–H groups in total. The van der Waals surface area contributed by atoms with Crippen molar-refractivity contribution in [3.8, 4) is 11.5 Å². The molecule has 0 atom stereocenters. The van der Waals surface area contributed by atoms with E-state index in [0.29, 0.717) is 19.2 Å². The van der Waals surface area contributed by atoms with Crippen LogP contribution in [0.5, 0.6) is 11.5 Å². The summed E-state index contributed by atoms with van der Waals surface area (Å²) in [6.07, 6.45) is 6.09. The van der Waals surface area contributed by atoms with Crippen molar-refractivity contribution >= 4 is 10.9 Å². The second-order valence-electron chi connectivity index (χ2n) is 9.75. The molecule has 1 aromatic heterocycles. The fraction of sp³-hybridized carbons (Fsp3) is 0.464. The predicted octanol–water partition coefficient (Wildman–Crippen LogP) is 4.60. The molecule has 0 bridgehead atoms. The molecule has 0 spiro atoms. The Hall–Kier alpha value is -2.88. The molecular formula is C28H34F3N3O3. The Morgan fingerprint density at radius 1 is 1.14 bits per heavy atom. The Morgan fingerprint density at radius 3 is 2.62 bits per heavy atom. The number of aromatic nitrogens is 1. The predicted molar refractivity (Wildman–Crippen MR) is 136 cm³/mol. The largest absolute Gasteiger partial charge is 0.497 e. The molecule has 0 radical (unpaired) electrons. The molecule has 200 valence electrons. The van der Waals surface area contributed by atoms with Gasteiger partial charge in [0.1, 0.15) is 18.2 Å². The molecule has 1 fully saturated rings. The van der Waals surface area contributed by atoms with E-state index in [1.54, 1.807) is 7.11 Å². The van der Waals surface area contributed by atoms with E-state index < -0.39 is 23.2 Å². The summed E-state index contributed by atoms with van der Waals surface area (Å²) in [5, 5.41) is 11.3. The van der Waals surface area contributed by atoms with Gasteiger partial charge in [-0.1, -0.05) is 0 Å². The van der Waals surface area contributed by atoms with E-state index in [9.17, 15) is 18.3 Å². The number of hydrogen-bond acceptors (Lipinski definition) is 6. The van der Waals surface area contributed by atoms with Crippen molar-refractivity contribution in [2.24, 2.45) is 11.1 Å². The third-order valence-corrected chi connectivity index (χ3v) is 7.51. The van der Waals surface area contributed by atoms with Crippen LogP contribution in [0.3, 0.4) is 0 Å². The second-order valence-corrected chi connectivity index (χ2v) is 9.75. The van der Waals surface area contributed by atoms with Crippen molar-refractivity contribution in [2.45, 2.75) is 38.6 Å². The smallest absolute Gasteiger partial charge is 0.200 e. The number of halogens is 3. The van der Waals surface area contributed by atoms with Gasteiger partial charge in [0, 0.05) is 43.4 Å². The van der Waals surface area contributed by atoms with Crippen LogP contribution in [-0.4, -0.2) is 54.9 Å². The zero-order valence-corrected chi connectivity index (χ0v) is 21.1. The first-order valence-electron chi connectivity index (χ1n) is 12.6. The number of piperidine rings is 1. The molecule has 0 aliphatic carbocycles. The first-order valence-corrected chi connectivity index (χ1v) is 12.6. The van der Waals surface area contributed by atoms with Crippen LogP contribution in [0.1, 0.15) is 36.8 Å². The highest BCUT2D eigenvalue weighted by Crippen LogP contribution is 2.37.